The normalized spacial score (nSPS) is 10.5. The number of nitro groups is 1. The van der Waals surface area contributed by atoms with Crippen molar-refractivity contribution in [2.45, 2.75) is 6.42 Å². The molecule has 186 valence electrons. The molecule has 1 aromatic heterocycles. The quantitative estimate of drug-likeness (QED) is 0.210. The molecule has 0 aliphatic heterocycles. The van der Waals surface area contributed by atoms with Gasteiger partial charge in [-0.05, 0) is 30.3 Å². The minimum absolute atomic E-state index is 0.0420. The van der Waals surface area contributed by atoms with Crippen molar-refractivity contribution in [3.63, 3.8) is 0 Å². The molecule has 12 heteroatoms. The second-order valence-corrected chi connectivity index (χ2v) is 7.64. The van der Waals surface area contributed by atoms with E-state index in [0.717, 1.165) is 12.1 Å². The maximum atomic E-state index is 13.9. The number of amides is 2. The van der Waals surface area contributed by atoms with E-state index in [4.69, 9.17) is 4.74 Å². The van der Waals surface area contributed by atoms with Crippen LogP contribution in [0.15, 0.2) is 66.7 Å². The summed E-state index contributed by atoms with van der Waals surface area (Å²) in [6.45, 7) is 0. The highest BCUT2D eigenvalue weighted by atomic mass is 19.1. The number of carbonyl (C=O) groups excluding carboxylic acids is 3. The number of anilines is 2. The Morgan fingerprint density at radius 1 is 0.946 bits per heavy atom. The number of para-hydroxylation sites is 3. The Morgan fingerprint density at radius 3 is 2.35 bits per heavy atom. The fraction of sp³-hybridized carbons (Fsp3) is 0.0800. The number of benzene rings is 3. The molecule has 4 aromatic rings. The van der Waals surface area contributed by atoms with Gasteiger partial charge < -0.3 is 15.4 Å². The summed E-state index contributed by atoms with van der Waals surface area (Å²) in [5, 5.41) is 16.0. The van der Waals surface area contributed by atoms with Crippen LogP contribution in [0, 0.1) is 15.9 Å². The number of carbonyl (C=O) groups is 3. The van der Waals surface area contributed by atoms with Gasteiger partial charge in [0.25, 0.3) is 17.5 Å². The summed E-state index contributed by atoms with van der Waals surface area (Å²) < 4.78 is 19.1. The Kier molecular flexibility index (Phi) is 7.09. The van der Waals surface area contributed by atoms with E-state index in [2.05, 4.69) is 20.6 Å². The van der Waals surface area contributed by atoms with Gasteiger partial charge in [0.15, 0.2) is 5.69 Å². The first-order chi connectivity index (χ1) is 17.8. The molecule has 0 radical (unpaired) electrons. The summed E-state index contributed by atoms with van der Waals surface area (Å²) in [6, 6.07) is 15.5. The minimum atomic E-state index is -1.14. The maximum absolute atomic E-state index is 13.9. The van der Waals surface area contributed by atoms with Crippen LogP contribution in [0.1, 0.15) is 16.2 Å². The number of ether oxygens (including phenoxy) is 1. The Balaban J connectivity index is 1.70. The molecule has 0 bridgehead atoms. The van der Waals surface area contributed by atoms with E-state index in [1.54, 1.807) is 24.3 Å². The van der Waals surface area contributed by atoms with Crippen LogP contribution in [-0.4, -0.2) is 39.6 Å². The maximum Gasteiger partial charge on any atom is 0.292 e. The van der Waals surface area contributed by atoms with Crippen LogP contribution in [0.5, 0.6) is 5.75 Å². The number of nitrogens with one attached hydrogen (secondary N) is 2. The molecule has 0 saturated carbocycles. The molecule has 0 saturated heterocycles. The van der Waals surface area contributed by atoms with Crippen molar-refractivity contribution in [1.29, 1.82) is 0 Å². The van der Waals surface area contributed by atoms with Gasteiger partial charge in [-0.2, -0.15) is 0 Å². The zero-order valence-corrected chi connectivity index (χ0v) is 19.2. The van der Waals surface area contributed by atoms with Crippen LogP contribution in [0.4, 0.5) is 21.5 Å². The van der Waals surface area contributed by atoms with Crippen molar-refractivity contribution in [3.05, 3.63) is 94.0 Å². The molecule has 37 heavy (non-hydrogen) atoms. The zero-order chi connectivity index (χ0) is 26.5. The van der Waals surface area contributed by atoms with E-state index < -0.39 is 34.8 Å². The summed E-state index contributed by atoms with van der Waals surface area (Å²) in [5.74, 6) is -3.30. The van der Waals surface area contributed by atoms with Gasteiger partial charge in [-0.15, -0.1) is 0 Å². The highest BCUT2D eigenvalue weighted by Gasteiger charge is 2.24. The first-order valence-corrected chi connectivity index (χ1v) is 10.7. The second kappa shape index (κ2) is 10.6. The Bertz CT molecular complexity index is 1560. The lowest BCUT2D eigenvalue weighted by molar-refractivity contribution is -0.384. The highest BCUT2D eigenvalue weighted by Crippen LogP contribution is 2.25. The van der Waals surface area contributed by atoms with Crippen molar-refractivity contribution in [3.8, 4) is 5.75 Å². The Hall–Kier alpha value is -5.26. The van der Waals surface area contributed by atoms with Crippen LogP contribution in [0.25, 0.3) is 11.0 Å². The van der Waals surface area contributed by atoms with Crippen LogP contribution < -0.4 is 15.4 Å². The molecule has 0 aliphatic rings. The van der Waals surface area contributed by atoms with Gasteiger partial charge in [0.1, 0.15) is 11.6 Å². The number of ketones is 1. The average molecular weight is 503 g/mol. The highest BCUT2D eigenvalue weighted by molar-refractivity contribution is 6.41. The van der Waals surface area contributed by atoms with Gasteiger partial charge in [-0.3, -0.25) is 24.5 Å². The van der Waals surface area contributed by atoms with Crippen LogP contribution in [0.3, 0.4) is 0 Å². The number of nitro benzene ring substituents is 1. The number of methoxy groups -OCH3 is 1. The molecule has 1 heterocycles. The number of fused-ring (bicyclic) bond motifs is 1. The van der Waals surface area contributed by atoms with Crippen molar-refractivity contribution in [1.82, 2.24) is 9.97 Å². The van der Waals surface area contributed by atoms with E-state index in [-0.39, 0.29) is 33.8 Å². The van der Waals surface area contributed by atoms with E-state index in [1.165, 1.54) is 37.4 Å². The molecule has 0 unspecified atom stereocenters. The summed E-state index contributed by atoms with van der Waals surface area (Å²) in [6.07, 6.45) is -0.680. The molecular formula is C25H18FN5O6. The lowest BCUT2D eigenvalue weighted by Gasteiger charge is -2.12. The second-order valence-electron chi connectivity index (χ2n) is 7.64. The van der Waals surface area contributed by atoms with E-state index in [1.807, 2.05) is 0 Å². The summed E-state index contributed by atoms with van der Waals surface area (Å²) in [4.78, 5) is 57.4. The molecule has 0 aliphatic carbocycles. The predicted octanol–water partition coefficient (Wildman–Crippen LogP) is 3.69. The van der Waals surface area contributed by atoms with Crippen molar-refractivity contribution >= 4 is 45.7 Å². The molecule has 2 amide bonds. The predicted molar refractivity (Wildman–Crippen MR) is 131 cm³/mol. The molecule has 3 aromatic carbocycles. The third kappa shape index (κ3) is 5.53. The number of halogens is 1. The molecule has 0 spiro atoms. The number of Topliss-reactive ketones (excluding diaryl/α,β-unsaturated/α-hetero) is 1. The number of hydrogen-bond donors (Lipinski definition) is 2. The number of nitrogens with zero attached hydrogens (tertiary/aromatic N) is 3. The van der Waals surface area contributed by atoms with E-state index in [0.29, 0.717) is 11.4 Å². The van der Waals surface area contributed by atoms with Crippen molar-refractivity contribution < 1.29 is 28.4 Å². The lowest BCUT2D eigenvalue weighted by atomic mass is 10.1. The fourth-order valence-electron chi connectivity index (χ4n) is 3.41. The van der Waals surface area contributed by atoms with Crippen LogP contribution >= 0.6 is 0 Å². The third-order valence-corrected chi connectivity index (χ3v) is 5.20. The largest absolute Gasteiger partial charge is 0.495 e. The minimum Gasteiger partial charge on any atom is -0.495 e. The number of aromatic nitrogens is 2. The van der Waals surface area contributed by atoms with Gasteiger partial charge in [-0.1, -0.05) is 24.3 Å². The fourth-order valence-corrected chi connectivity index (χ4v) is 3.41. The lowest BCUT2D eigenvalue weighted by Crippen LogP contribution is -2.27. The first kappa shape index (κ1) is 24.9. The monoisotopic (exact) mass is 503 g/mol. The number of rotatable bonds is 8. The first-order valence-electron chi connectivity index (χ1n) is 10.7. The van der Waals surface area contributed by atoms with Gasteiger partial charge in [0.05, 0.1) is 46.6 Å². The molecule has 4 rings (SSSR count). The van der Waals surface area contributed by atoms with Gasteiger partial charge in [0.2, 0.25) is 5.78 Å². The van der Waals surface area contributed by atoms with Crippen molar-refractivity contribution in [2.75, 3.05) is 17.7 Å². The summed E-state index contributed by atoms with van der Waals surface area (Å²) in [7, 11) is 1.42. The Labute approximate surface area is 208 Å². The van der Waals surface area contributed by atoms with Crippen LogP contribution in [0.2, 0.25) is 0 Å². The molecule has 0 fully saturated rings. The number of hydrogen-bond acceptors (Lipinski definition) is 8. The van der Waals surface area contributed by atoms with Gasteiger partial charge in [-0.25, -0.2) is 14.4 Å². The standard InChI is InChI=1S/C25H18FN5O6/c1-37-22-9-5-4-8-18(22)30-25(34)23-20(27-19-12-14(31(35)36)10-11-17(19)28-23)13-21(32)24(33)29-16-7-3-2-6-15(16)26/h2-12H,13H2,1H3,(H,29,33)(H,30,34). The molecule has 11 nitrogen and oxygen atoms in total. The molecule has 2 N–H and O–H groups in total. The van der Waals surface area contributed by atoms with Gasteiger partial charge >= 0.3 is 0 Å². The molecular weight excluding hydrogens is 485 g/mol. The van der Waals surface area contributed by atoms with E-state index in [9.17, 15) is 28.9 Å². The van der Waals surface area contributed by atoms with Gasteiger partial charge in [0, 0.05) is 12.1 Å². The topological polar surface area (TPSA) is 153 Å². The Morgan fingerprint density at radius 2 is 1.65 bits per heavy atom. The zero-order valence-electron chi connectivity index (χ0n) is 19.2. The van der Waals surface area contributed by atoms with Crippen LogP contribution in [-0.2, 0) is 16.0 Å². The summed E-state index contributed by atoms with van der Waals surface area (Å²) >= 11 is 0. The average Bonchev–Trinajstić information content (AvgIpc) is 2.89. The third-order valence-electron chi connectivity index (χ3n) is 5.20. The van der Waals surface area contributed by atoms with E-state index >= 15 is 0 Å². The SMILES string of the molecule is COc1ccccc1NC(=O)c1nc2ccc([N+](=O)[O-])cc2nc1CC(=O)C(=O)Nc1ccccc1F. The smallest absolute Gasteiger partial charge is 0.292 e. The number of non-ortho nitro benzene ring substituents is 1. The van der Waals surface area contributed by atoms with Crippen molar-refractivity contribution in [2.24, 2.45) is 0 Å². The molecule has 0 atom stereocenters. The summed E-state index contributed by atoms with van der Waals surface area (Å²) in [5.41, 5.74) is -0.440.